The van der Waals surface area contributed by atoms with E-state index in [2.05, 4.69) is 10.3 Å². The maximum absolute atomic E-state index is 11.3. The van der Waals surface area contributed by atoms with Crippen molar-refractivity contribution < 1.29 is 9.90 Å². The van der Waals surface area contributed by atoms with Crippen LogP contribution in [0.15, 0.2) is 6.07 Å². The van der Waals surface area contributed by atoms with Crippen molar-refractivity contribution in [2.75, 3.05) is 11.9 Å². The van der Waals surface area contributed by atoms with Crippen LogP contribution in [0.1, 0.15) is 60.1 Å². The first-order valence-electron chi connectivity index (χ1n) is 7.53. The van der Waals surface area contributed by atoms with Crippen LogP contribution in [0.2, 0.25) is 0 Å². The largest absolute Gasteiger partial charge is 0.478 e. The molecule has 1 aliphatic rings. The first-order chi connectivity index (χ1) is 9.58. The highest BCUT2D eigenvalue weighted by Crippen LogP contribution is 2.28. The molecule has 0 atom stereocenters. The number of rotatable bonds is 6. The Labute approximate surface area is 120 Å². The van der Waals surface area contributed by atoms with Crippen LogP contribution in [0.25, 0.3) is 0 Å². The van der Waals surface area contributed by atoms with E-state index in [-0.39, 0.29) is 0 Å². The summed E-state index contributed by atoms with van der Waals surface area (Å²) in [6.07, 6.45) is 7.79. The van der Waals surface area contributed by atoms with Gasteiger partial charge in [-0.25, -0.2) is 9.78 Å². The van der Waals surface area contributed by atoms with Crippen molar-refractivity contribution in [3.63, 3.8) is 0 Å². The number of pyridine rings is 1. The average Bonchev–Trinajstić information content (AvgIpc) is 2.86. The molecule has 0 saturated heterocycles. The van der Waals surface area contributed by atoms with Gasteiger partial charge in [0.1, 0.15) is 11.4 Å². The Morgan fingerprint density at radius 1 is 1.40 bits per heavy atom. The summed E-state index contributed by atoms with van der Waals surface area (Å²) in [6, 6.07) is 1.81. The fourth-order valence-electron chi connectivity index (χ4n) is 3.13. The standard InChI is InChI=1S/C16H24N2O2/c1-11-10-12(2)18-15(14(11)16(19)20)17-9-5-8-13-6-3-4-7-13/h10,13H,3-9H2,1-2H3,(H,17,18)(H,19,20). The lowest BCUT2D eigenvalue weighted by molar-refractivity contribution is 0.0697. The third-order valence-corrected chi connectivity index (χ3v) is 4.11. The zero-order valence-electron chi connectivity index (χ0n) is 12.4. The van der Waals surface area contributed by atoms with Gasteiger partial charge in [0.2, 0.25) is 0 Å². The summed E-state index contributed by atoms with van der Waals surface area (Å²) in [6.45, 7) is 4.51. The number of nitrogens with one attached hydrogen (secondary N) is 1. The molecule has 1 aliphatic carbocycles. The van der Waals surface area contributed by atoms with E-state index in [0.29, 0.717) is 11.4 Å². The van der Waals surface area contributed by atoms with Crippen molar-refractivity contribution in [3.05, 3.63) is 22.9 Å². The Hall–Kier alpha value is -1.58. The molecule has 1 saturated carbocycles. The molecule has 0 spiro atoms. The van der Waals surface area contributed by atoms with E-state index in [1.54, 1.807) is 0 Å². The van der Waals surface area contributed by atoms with Crippen molar-refractivity contribution in [1.29, 1.82) is 0 Å². The molecule has 20 heavy (non-hydrogen) atoms. The number of aromatic carboxylic acids is 1. The first-order valence-corrected chi connectivity index (χ1v) is 7.53. The Morgan fingerprint density at radius 3 is 2.75 bits per heavy atom. The van der Waals surface area contributed by atoms with Crippen molar-refractivity contribution in [1.82, 2.24) is 4.98 Å². The van der Waals surface area contributed by atoms with E-state index in [0.717, 1.165) is 30.1 Å². The Bertz CT molecular complexity index is 480. The molecular weight excluding hydrogens is 252 g/mol. The third-order valence-electron chi connectivity index (χ3n) is 4.11. The van der Waals surface area contributed by atoms with Crippen molar-refractivity contribution in [2.24, 2.45) is 5.92 Å². The molecule has 0 aliphatic heterocycles. The van der Waals surface area contributed by atoms with Gasteiger partial charge in [0, 0.05) is 12.2 Å². The van der Waals surface area contributed by atoms with Gasteiger partial charge in [0.15, 0.2) is 0 Å². The fourth-order valence-corrected chi connectivity index (χ4v) is 3.13. The van der Waals surface area contributed by atoms with Crippen LogP contribution in [-0.4, -0.2) is 22.6 Å². The maximum atomic E-state index is 11.3. The van der Waals surface area contributed by atoms with Crippen LogP contribution >= 0.6 is 0 Å². The van der Waals surface area contributed by atoms with Crippen molar-refractivity contribution in [2.45, 2.75) is 52.4 Å². The molecule has 2 rings (SSSR count). The number of hydrogen-bond donors (Lipinski definition) is 2. The molecule has 1 heterocycles. The van der Waals surface area contributed by atoms with Gasteiger partial charge >= 0.3 is 5.97 Å². The summed E-state index contributed by atoms with van der Waals surface area (Å²) in [5, 5.41) is 12.5. The van der Waals surface area contributed by atoms with E-state index in [4.69, 9.17) is 0 Å². The second-order valence-electron chi connectivity index (χ2n) is 5.83. The molecule has 1 aromatic heterocycles. The molecule has 0 radical (unpaired) electrons. The Kier molecular flexibility index (Phi) is 4.99. The lowest BCUT2D eigenvalue weighted by Gasteiger charge is -2.13. The average molecular weight is 276 g/mol. The molecule has 4 heteroatoms. The smallest absolute Gasteiger partial charge is 0.339 e. The number of carboxylic acid groups (broad SMARTS) is 1. The molecule has 4 nitrogen and oxygen atoms in total. The summed E-state index contributed by atoms with van der Waals surface area (Å²) < 4.78 is 0. The number of aryl methyl sites for hydroxylation is 2. The van der Waals surface area contributed by atoms with Gasteiger partial charge in [0.05, 0.1) is 0 Å². The van der Waals surface area contributed by atoms with E-state index in [1.807, 2.05) is 19.9 Å². The SMILES string of the molecule is Cc1cc(C)c(C(=O)O)c(NCCCC2CCCC2)n1. The molecule has 0 unspecified atom stereocenters. The van der Waals surface area contributed by atoms with Gasteiger partial charge in [-0.1, -0.05) is 25.7 Å². The molecule has 0 bridgehead atoms. The molecule has 0 amide bonds. The monoisotopic (exact) mass is 276 g/mol. The fraction of sp³-hybridized carbons (Fsp3) is 0.625. The van der Waals surface area contributed by atoms with Gasteiger partial charge in [0.25, 0.3) is 0 Å². The van der Waals surface area contributed by atoms with Crippen LogP contribution < -0.4 is 5.32 Å². The Morgan fingerprint density at radius 2 is 2.10 bits per heavy atom. The van der Waals surface area contributed by atoms with Gasteiger partial charge in [-0.2, -0.15) is 0 Å². The lowest BCUT2D eigenvalue weighted by atomic mass is 10.0. The summed E-state index contributed by atoms with van der Waals surface area (Å²) in [5.74, 6) is 0.484. The number of carboxylic acids is 1. The van der Waals surface area contributed by atoms with Crippen molar-refractivity contribution >= 4 is 11.8 Å². The highest BCUT2D eigenvalue weighted by molar-refractivity contribution is 5.94. The third kappa shape index (κ3) is 3.71. The van der Waals surface area contributed by atoms with Gasteiger partial charge < -0.3 is 10.4 Å². The number of aromatic nitrogens is 1. The minimum atomic E-state index is -0.909. The minimum absolute atomic E-state index is 0.302. The summed E-state index contributed by atoms with van der Waals surface area (Å²) in [5.41, 5.74) is 1.92. The normalized spacial score (nSPS) is 15.5. The van der Waals surface area contributed by atoms with Crippen LogP contribution in [0.4, 0.5) is 5.82 Å². The summed E-state index contributed by atoms with van der Waals surface area (Å²) in [4.78, 5) is 15.6. The number of carbonyl (C=O) groups is 1. The summed E-state index contributed by atoms with van der Waals surface area (Å²) >= 11 is 0. The molecule has 2 N–H and O–H groups in total. The van der Waals surface area contributed by atoms with Crippen LogP contribution in [0.3, 0.4) is 0 Å². The van der Waals surface area contributed by atoms with Gasteiger partial charge in [-0.3, -0.25) is 0 Å². The second kappa shape index (κ2) is 6.73. The quantitative estimate of drug-likeness (QED) is 0.776. The number of hydrogen-bond acceptors (Lipinski definition) is 3. The second-order valence-corrected chi connectivity index (χ2v) is 5.83. The van der Waals surface area contributed by atoms with Crippen LogP contribution in [0, 0.1) is 19.8 Å². The molecule has 110 valence electrons. The zero-order chi connectivity index (χ0) is 14.5. The van der Waals surface area contributed by atoms with Gasteiger partial charge in [-0.05, 0) is 44.2 Å². The summed E-state index contributed by atoms with van der Waals surface area (Å²) in [7, 11) is 0. The van der Waals surface area contributed by atoms with E-state index in [1.165, 1.54) is 32.1 Å². The van der Waals surface area contributed by atoms with Crippen molar-refractivity contribution in [3.8, 4) is 0 Å². The highest BCUT2D eigenvalue weighted by Gasteiger charge is 2.16. The highest BCUT2D eigenvalue weighted by atomic mass is 16.4. The lowest BCUT2D eigenvalue weighted by Crippen LogP contribution is -2.12. The van der Waals surface area contributed by atoms with E-state index < -0.39 is 5.97 Å². The molecule has 0 aromatic carbocycles. The number of nitrogens with zero attached hydrogens (tertiary/aromatic N) is 1. The first kappa shape index (κ1) is 14.8. The molecular formula is C16H24N2O2. The van der Waals surface area contributed by atoms with Crippen LogP contribution in [0.5, 0.6) is 0 Å². The van der Waals surface area contributed by atoms with E-state index >= 15 is 0 Å². The maximum Gasteiger partial charge on any atom is 0.339 e. The van der Waals surface area contributed by atoms with E-state index in [9.17, 15) is 9.90 Å². The predicted molar refractivity (Wildman–Crippen MR) is 80.4 cm³/mol. The predicted octanol–water partition coefficient (Wildman–Crippen LogP) is 3.78. The molecule has 1 fully saturated rings. The number of anilines is 1. The minimum Gasteiger partial charge on any atom is -0.478 e. The molecule has 1 aromatic rings. The topological polar surface area (TPSA) is 62.2 Å². The Balaban J connectivity index is 1.92. The van der Waals surface area contributed by atoms with Crippen LogP contribution in [-0.2, 0) is 0 Å². The van der Waals surface area contributed by atoms with Gasteiger partial charge in [-0.15, -0.1) is 0 Å². The zero-order valence-corrected chi connectivity index (χ0v) is 12.4.